The Labute approximate surface area is 98.6 Å². The fraction of sp³-hybridized carbons (Fsp3) is 0.273. The summed E-state index contributed by atoms with van der Waals surface area (Å²) in [4.78, 5) is 21.7. The molecule has 0 aliphatic carbocycles. The lowest BCUT2D eigenvalue weighted by Crippen LogP contribution is -2.25. The molecule has 16 heavy (non-hydrogen) atoms. The van der Waals surface area contributed by atoms with E-state index in [0.29, 0.717) is 5.75 Å². The lowest BCUT2D eigenvalue weighted by Gasteiger charge is -2.06. The van der Waals surface area contributed by atoms with Crippen molar-refractivity contribution in [2.45, 2.75) is 11.7 Å². The second kappa shape index (κ2) is 6.17. The van der Waals surface area contributed by atoms with E-state index in [1.807, 2.05) is 18.2 Å². The summed E-state index contributed by atoms with van der Waals surface area (Å²) < 4.78 is 5.26. The molecule has 0 aromatic heterocycles. The van der Waals surface area contributed by atoms with Crippen molar-refractivity contribution in [3.8, 4) is 5.75 Å². The third-order valence-corrected chi connectivity index (χ3v) is 2.41. The summed E-state index contributed by atoms with van der Waals surface area (Å²) in [5.74, 6) is -1.03. The van der Waals surface area contributed by atoms with Crippen molar-refractivity contribution < 1.29 is 19.4 Å². The highest BCUT2D eigenvalue weighted by Crippen LogP contribution is 2.09. The molecule has 0 radical (unpaired) electrons. The van der Waals surface area contributed by atoms with Gasteiger partial charge < -0.3 is 9.84 Å². The molecule has 0 amide bonds. The number of carbonyl (C=O) groups is 2. The molecule has 0 heterocycles. The van der Waals surface area contributed by atoms with E-state index in [2.05, 4.69) is 12.6 Å². The minimum absolute atomic E-state index is 0.0371. The molecule has 1 rings (SSSR count). The summed E-state index contributed by atoms with van der Waals surface area (Å²) in [5, 5.41) is 7.27. The van der Waals surface area contributed by atoms with E-state index in [-0.39, 0.29) is 13.0 Å². The summed E-state index contributed by atoms with van der Waals surface area (Å²) in [6.07, 6.45) is 0.0371. The number of para-hydroxylation sites is 1. The van der Waals surface area contributed by atoms with Gasteiger partial charge in [-0.2, -0.15) is 12.6 Å². The molecule has 0 spiro atoms. The van der Waals surface area contributed by atoms with Crippen molar-refractivity contribution in [2.24, 2.45) is 0 Å². The first kappa shape index (κ1) is 12.6. The number of Topliss-reactive ketones (excluding diaryl/α,β-unsaturated/α-hetero) is 1. The highest BCUT2D eigenvalue weighted by molar-refractivity contribution is 7.82. The Morgan fingerprint density at radius 2 is 1.94 bits per heavy atom. The molecule has 0 saturated carbocycles. The van der Waals surface area contributed by atoms with Crippen LogP contribution in [0.4, 0.5) is 0 Å². The van der Waals surface area contributed by atoms with Crippen LogP contribution < -0.4 is 4.74 Å². The maximum atomic E-state index is 11.2. The van der Waals surface area contributed by atoms with Crippen LogP contribution in [0.2, 0.25) is 0 Å². The fourth-order valence-electron chi connectivity index (χ4n) is 1.06. The second-order valence-electron chi connectivity index (χ2n) is 3.12. The van der Waals surface area contributed by atoms with Gasteiger partial charge in [-0.1, -0.05) is 18.2 Å². The molecular formula is C11H12O4S. The van der Waals surface area contributed by atoms with Crippen molar-refractivity contribution in [2.75, 3.05) is 6.61 Å². The summed E-state index contributed by atoms with van der Waals surface area (Å²) in [5.41, 5.74) is 0. The minimum atomic E-state index is -1.26. The van der Waals surface area contributed by atoms with Crippen molar-refractivity contribution in [3.05, 3.63) is 30.3 Å². The zero-order valence-electron chi connectivity index (χ0n) is 8.50. The van der Waals surface area contributed by atoms with E-state index in [4.69, 9.17) is 9.84 Å². The second-order valence-corrected chi connectivity index (χ2v) is 3.63. The maximum Gasteiger partial charge on any atom is 0.324 e. The highest BCUT2D eigenvalue weighted by Gasteiger charge is 2.20. The molecule has 0 aliphatic heterocycles. The number of carbonyl (C=O) groups excluding carboxylic acids is 1. The maximum absolute atomic E-state index is 11.2. The first-order valence-electron chi connectivity index (χ1n) is 4.72. The molecule has 86 valence electrons. The molecule has 0 fully saturated rings. The summed E-state index contributed by atoms with van der Waals surface area (Å²) in [7, 11) is 0. The van der Waals surface area contributed by atoms with Gasteiger partial charge >= 0.3 is 5.97 Å². The van der Waals surface area contributed by atoms with Crippen LogP contribution in [0.5, 0.6) is 5.75 Å². The quantitative estimate of drug-likeness (QED) is 0.583. The van der Waals surface area contributed by atoms with Gasteiger partial charge in [0.2, 0.25) is 0 Å². The van der Waals surface area contributed by atoms with E-state index < -0.39 is 17.0 Å². The van der Waals surface area contributed by atoms with Crippen molar-refractivity contribution >= 4 is 24.4 Å². The number of carboxylic acids is 1. The predicted octanol–water partition coefficient (Wildman–Crippen LogP) is 1.41. The van der Waals surface area contributed by atoms with Gasteiger partial charge in [0.1, 0.15) is 5.75 Å². The number of ketones is 1. The van der Waals surface area contributed by atoms with Crippen LogP contribution >= 0.6 is 12.6 Å². The van der Waals surface area contributed by atoms with Gasteiger partial charge in [-0.25, -0.2) is 0 Å². The Hall–Kier alpha value is -1.49. The first-order chi connectivity index (χ1) is 7.61. The molecule has 5 heteroatoms. The van der Waals surface area contributed by atoms with E-state index in [0.717, 1.165) is 0 Å². The van der Waals surface area contributed by atoms with Gasteiger partial charge in [0, 0.05) is 6.42 Å². The lowest BCUT2D eigenvalue weighted by atomic mass is 10.2. The minimum Gasteiger partial charge on any atom is -0.493 e. The number of carboxylic acid groups (broad SMARTS) is 1. The molecule has 1 N–H and O–H groups in total. The number of rotatable bonds is 6. The van der Waals surface area contributed by atoms with Gasteiger partial charge in [0.15, 0.2) is 11.0 Å². The molecule has 1 aromatic rings. The Bertz CT molecular complexity index is 364. The molecule has 1 unspecified atom stereocenters. The molecule has 0 saturated heterocycles. The Kier molecular flexibility index (Phi) is 4.85. The van der Waals surface area contributed by atoms with E-state index in [1.165, 1.54) is 0 Å². The van der Waals surface area contributed by atoms with Crippen LogP contribution in [-0.2, 0) is 9.59 Å². The molecular weight excluding hydrogens is 228 g/mol. The van der Waals surface area contributed by atoms with Gasteiger partial charge in [-0.15, -0.1) is 0 Å². The van der Waals surface area contributed by atoms with Gasteiger partial charge in [0.05, 0.1) is 6.61 Å². The summed E-state index contributed by atoms with van der Waals surface area (Å²) in [6, 6.07) is 9.01. The molecule has 0 aliphatic rings. The molecule has 0 bridgehead atoms. The van der Waals surface area contributed by atoms with Crippen LogP contribution in [-0.4, -0.2) is 28.7 Å². The number of thiol groups is 1. The molecule has 1 aromatic carbocycles. The van der Waals surface area contributed by atoms with Crippen LogP contribution in [0.15, 0.2) is 30.3 Å². The van der Waals surface area contributed by atoms with Gasteiger partial charge in [-0.05, 0) is 12.1 Å². The summed E-state index contributed by atoms with van der Waals surface area (Å²) in [6.45, 7) is 0.160. The monoisotopic (exact) mass is 240 g/mol. The third-order valence-electron chi connectivity index (χ3n) is 1.90. The van der Waals surface area contributed by atoms with Crippen molar-refractivity contribution in [3.63, 3.8) is 0 Å². The fourth-order valence-corrected chi connectivity index (χ4v) is 1.19. The van der Waals surface area contributed by atoms with E-state index >= 15 is 0 Å². The van der Waals surface area contributed by atoms with Crippen LogP contribution in [0.25, 0.3) is 0 Å². The zero-order chi connectivity index (χ0) is 12.0. The molecule has 4 nitrogen and oxygen atoms in total. The average molecular weight is 240 g/mol. The van der Waals surface area contributed by atoms with Crippen LogP contribution in [0, 0.1) is 0 Å². The number of hydrogen-bond acceptors (Lipinski definition) is 4. The van der Waals surface area contributed by atoms with Gasteiger partial charge in [0.25, 0.3) is 0 Å². The predicted molar refractivity (Wildman–Crippen MR) is 62.0 cm³/mol. The number of hydrogen-bond donors (Lipinski definition) is 2. The Morgan fingerprint density at radius 1 is 1.31 bits per heavy atom. The van der Waals surface area contributed by atoms with Crippen molar-refractivity contribution in [1.29, 1.82) is 0 Å². The largest absolute Gasteiger partial charge is 0.493 e. The number of ether oxygens (including phenoxy) is 1. The first-order valence-corrected chi connectivity index (χ1v) is 5.24. The third kappa shape index (κ3) is 3.94. The smallest absolute Gasteiger partial charge is 0.324 e. The standard InChI is InChI=1S/C11H12O4S/c12-9(10(16)11(13)14)6-7-15-8-4-2-1-3-5-8/h1-5,10,16H,6-7H2,(H,13,14). The van der Waals surface area contributed by atoms with Crippen LogP contribution in [0.3, 0.4) is 0 Å². The summed E-state index contributed by atoms with van der Waals surface area (Å²) >= 11 is 3.68. The van der Waals surface area contributed by atoms with Crippen molar-refractivity contribution in [1.82, 2.24) is 0 Å². The Morgan fingerprint density at radius 3 is 2.50 bits per heavy atom. The lowest BCUT2D eigenvalue weighted by molar-refractivity contribution is -0.139. The molecule has 1 atom stereocenters. The topological polar surface area (TPSA) is 63.6 Å². The average Bonchev–Trinajstić information content (AvgIpc) is 2.29. The zero-order valence-corrected chi connectivity index (χ0v) is 9.39. The normalized spacial score (nSPS) is 11.8. The Balaban J connectivity index is 2.31. The van der Waals surface area contributed by atoms with Gasteiger partial charge in [-0.3, -0.25) is 9.59 Å². The van der Waals surface area contributed by atoms with Crippen LogP contribution in [0.1, 0.15) is 6.42 Å². The SMILES string of the molecule is O=C(O)C(S)C(=O)CCOc1ccccc1. The van der Waals surface area contributed by atoms with E-state index in [9.17, 15) is 9.59 Å². The highest BCUT2D eigenvalue weighted by atomic mass is 32.1. The number of aliphatic carboxylic acids is 1. The number of benzene rings is 1. The van der Waals surface area contributed by atoms with E-state index in [1.54, 1.807) is 12.1 Å².